The molecule has 0 atom stereocenters. The Hall–Kier alpha value is -6.50. The molecule has 0 aliphatic rings. The van der Waals surface area contributed by atoms with Gasteiger partial charge in [-0.05, 0) is 104 Å². The van der Waals surface area contributed by atoms with E-state index in [1.165, 1.54) is 98.4 Å². The molecular weight excluding hydrogens is 601 g/mol. The summed E-state index contributed by atoms with van der Waals surface area (Å²) in [5.41, 5.74) is 10.0. The van der Waals surface area contributed by atoms with Crippen molar-refractivity contribution in [1.29, 1.82) is 0 Å². The third-order valence-electron chi connectivity index (χ3n) is 10.5. The predicted octanol–water partition coefficient (Wildman–Crippen LogP) is 14.1. The van der Waals surface area contributed by atoms with Gasteiger partial charge < -0.3 is 0 Å². The number of hydrogen-bond donors (Lipinski definition) is 0. The topological polar surface area (TPSA) is 0 Å². The lowest BCUT2D eigenvalue weighted by atomic mass is 9.81. The Morgan fingerprint density at radius 3 is 1.12 bits per heavy atom. The van der Waals surface area contributed by atoms with E-state index in [1.54, 1.807) is 0 Å². The highest BCUT2D eigenvalue weighted by Gasteiger charge is 2.21. The second-order valence-corrected chi connectivity index (χ2v) is 13.1. The maximum absolute atomic E-state index is 2.38. The van der Waals surface area contributed by atoms with Gasteiger partial charge in [0.1, 0.15) is 0 Å². The summed E-state index contributed by atoms with van der Waals surface area (Å²) in [6, 6.07) is 71.3. The van der Waals surface area contributed by atoms with E-state index in [0.717, 1.165) is 0 Å². The minimum atomic E-state index is 1.24. The van der Waals surface area contributed by atoms with Crippen LogP contribution >= 0.6 is 0 Å². The van der Waals surface area contributed by atoms with Gasteiger partial charge in [-0.15, -0.1) is 0 Å². The van der Waals surface area contributed by atoms with Gasteiger partial charge in [0, 0.05) is 0 Å². The lowest BCUT2D eigenvalue weighted by Crippen LogP contribution is -1.94. The lowest BCUT2D eigenvalue weighted by Gasteiger charge is -2.22. The van der Waals surface area contributed by atoms with E-state index in [-0.39, 0.29) is 0 Å². The van der Waals surface area contributed by atoms with E-state index >= 15 is 0 Å². The molecule has 0 fully saturated rings. The molecule has 232 valence electrons. The number of fused-ring (bicyclic) bond motifs is 6. The molecular formula is C50H32. The minimum Gasteiger partial charge on any atom is -0.0616 e. The summed E-state index contributed by atoms with van der Waals surface area (Å²) in [6.45, 7) is 0. The molecule has 0 radical (unpaired) electrons. The van der Waals surface area contributed by atoms with Crippen LogP contribution in [0.1, 0.15) is 0 Å². The molecule has 0 bridgehead atoms. The molecule has 0 unspecified atom stereocenters. The summed E-state index contributed by atoms with van der Waals surface area (Å²) in [5.74, 6) is 0. The molecule has 0 spiro atoms. The van der Waals surface area contributed by atoms with E-state index in [1.807, 2.05) is 0 Å². The van der Waals surface area contributed by atoms with Crippen LogP contribution in [-0.2, 0) is 0 Å². The summed E-state index contributed by atoms with van der Waals surface area (Å²) < 4.78 is 0. The van der Waals surface area contributed by atoms with Crippen molar-refractivity contribution in [1.82, 2.24) is 0 Å². The van der Waals surface area contributed by atoms with Gasteiger partial charge in [0.05, 0.1) is 0 Å². The molecule has 10 rings (SSSR count). The molecule has 0 aromatic heterocycles. The number of hydrogen-bond acceptors (Lipinski definition) is 0. The van der Waals surface area contributed by atoms with Crippen LogP contribution in [0.5, 0.6) is 0 Å². The van der Waals surface area contributed by atoms with Gasteiger partial charge in [-0.3, -0.25) is 0 Å². The fourth-order valence-corrected chi connectivity index (χ4v) is 8.32. The molecule has 0 aliphatic heterocycles. The molecule has 10 aromatic carbocycles. The van der Waals surface area contributed by atoms with E-state index in [0.29, 0.717) is 0 Å². The van der Waals surface area contributed by atoms with Crippen LogP contribution in [0, 0.1) is 0 Å². The van der Waals surface area contributed by atoms with Crippen molar-refractivity contribution in [2.75, 3.05) is 0 Å². The average molecular weight is 633 g/mol. The van der Waals surface area contributed by atoms with Crippen molar-refractivity contribution in [2.24, 2.45) is 0 Å². The van der Waals surface area contributed by atoms with Crippen molar-refractivity contribution >= 4 is 53.9 Å². The van der Waals surface area contributed by atoms with Gasteiger partial charge in [-0.1, -0.05) is 188 Å². The Balaban J connectivity index is 1.30. The standard InChI is InChI=1S/C50H32/c1-3-19-35-33(16-1)18-15-31-38(35)39-22-7-9-25-42(39)49-44-27-11-13-29-46(44)50(47-30-14-12-28-45(47)49)43-26-10-8-24-41(43)48-32-34-17-2-4-20-36(34)37-21-5-6-23-40(37)48/h1-32H. The van der Waals surface area contributed by atoms with Gasteiger partial charge in [0.15, 0.2) is 0 Å². The molecule has 0 N–H and O–H groups in total. The zero-order valence-electron chi connectivity index (χ0n) is 27.5. The number of benzene rings is 10. The summed E-state index contributed by atoms with van der Waals surface area (Å²) in [7, 11) is 0. The largest absolute Gasteiger partial charge is 0.0616 e. The van der Waals surface area contributed by atoms with Gasteiger partial charge in [-0.25, -0.2) is 0 Å². The average Bonchev–Trinajstić information content (AvgIpc) is 3.19. The lowest BCUT2D eigenvalue weighted by molar-refractivity contribution is 1.62. The van der Waals surface area contributed by atoms with Crippen LogP contribution in [0.25, 0.3) is 98.4 Å². The first-order valence-electron chi connectivity index (χ1n) is 17.4. The summed E-state index contributed by atoms with van der Waals surface area (Å²) in [6.07, 6.45) is 0. The van der Waals surface area contributed by atoms with E-state index in [4.69, 9.17) is 0 Å². The third-order valence-corrected chi connectivity index (χ3v) is 10.5. The molecule has 0 nitrogen and oxygen atoms in total. The van der Waals surface area contributed by atoms with Crippen molar-refractivity contribution < 1.29 is 0 Å². The second-order valence-electron chi connectivity index (χ2n) is 13.1. The summed E-state index contributed by atoms with van der Waals surface area (Å²) in [5, 5.41) is 12.6. The van der Waals surface area contributed by atoms with Crippen LogP contribution in [0.4, 0.5) is 0 Å². The SMILES string of the molecule is c1ccc(-c2c3ccccc3c(-c3ccccc3-c3cc4ccccc4c4ccccc34)c3ccccc23)c(-c2cccc3ccccc23)c1. The molecule has 0 saturated heterocycles. The maximum Gasteiger partial charge on any atom is -0.00201 e. The zero-order chi connectivity index (χ0) is 33.0. The minimum absolute atomic E-state index is 1.24. The normalized spacial score (nSPS) is 11.6. The Morgan fingerprint density at radius 1 is 0.180 bits per heavy atom. The molecule has 0 aliphatic carbocycles. The van der Waals surface area contributed by atoms with Crippen LogP contribution in [0.2, 0.25) is 0 Å². The summed E-state index contributed by atoms with van der Waals surface area (Å²) in [4.78, 5) is 0. The molecule has 0 amide bonds. The maximum atomic E-state index is 2.38. The van der Waals surface area contributed by atoms with Crippen molar-refractivity contribution in [3.8, 4) is 44.5 Å². The van der Waals surface area contributed by atoms with Crippen molar-refractivity contribution in [3.63, 3.8) is 0 Å². The first kappa shape index (κ1) is 28.5. The fraction of sp³-hybridized carbons (Fsp3) is 0. The monoisotopic (exact) mass is 632 g/mol. The highest BCUT2D eigenvalue weighted by molar-refractivity contribution is 6.24. The second kappa shape index (κ2) is 11.6. The van der Waals surface area contributed by atoms with E-state index in [9.17, 15) is 0 Å². The Labute approximate surface area is 291 Å². The van der Waals surface area contributed by atoms with E-state index < -0.39 is 0 Å². The summed E-state index contributed by atoms with van der Waals surface area (Å²) >= 11 is 0. The van der Waals surface area contributed by atoms with Crippen LogP contribution in [-0.4, -0.2) is 0 Å². The molecule has 10 aromatic rings. The van der Waals surface area contributed by atoms with Gasteiger partial charge >= 0.3 is 0 Å². The first-order chi connectivity index (χ1) is 24.8. The predicted molar refractivity (Wildman–Crippen MR) is 216 cm³/mol. The zero-order valence-corrected chi connectivity index (χ0v) is 27.5. The smallest absolute Gasteiger partial charge is 0.00201 e. The first-order valence-corrected chi connectivity index (χ1v) is 17.4. The quantitative estimate of drug-likeness (QED) is 0.134. The fourth-order valence-electron chi connectivity index (χ4n) is 8.32. The molecule has 0 heterocycles. The van der Waals surface area contributed by atoms with Crippen molar-refractivity contribution in [3.05, 3.63) is 194 Å². The molecule has 50 heavy (non-hydrogen) atoms. The van der Waals surface area contributed by atoms with Gasteiger partial charge in [0.2, 0.25) is 0 Å². The molecule has 0 heteroatoms. The van der Waals surface area contributed by atoms with Gasteiger partial charge in [-0.2, -0.15) is 0 Å². The van der Waals surface area contributed by atoms with E-state index in [2.05, 4.69) is 194 Å². The van der Waals surface area contributed by atoms with Crippen LogP contribution < -0.4 is 0 Å². The van der Waals surface area contributed by atoms with Crippen LogP contribution in [0.3, 0.4) is 0 Å². The Bertz CT molecular complexity index is 2860. The Kier molecular flexibility index (Phi) is 6.60. The Morgan fingerprint density at radius 2 is 0.540 bits per heavy atom. The van der Waals surface area contributed by atoms with Crippen LogP contribution in [0.15, 0.2) is 194 Å². The van der Waals surface area contributed by atoms with Crippen molar-refractivity contribution in [2.45, 2.75) is 0 Å². The third kappa shape index (κ3) is 4.39. The highest BCUT2D eigenvalue weighted by Crippen LogP contribution is 2.49. The van der Waals surface area contributed by atoms with Gasteiger partial charge in [0.25, 0.3) is 0 Å². The molecule has 0 saturated carbocycles. The highest BCUT2D eigenvalue weighted by atomic mass is 14.2. The number of rotatable bonds is 4.